The van der Waals surface area contributed by atoms with Gasteiger partial charge in [-0.1, -0.05) is 37.6 Å². The van der Waals surface area contributed by atoms with E-state index in [1.54, 1.807) is 17.8 Å². The van der Waals surface area contributed by atoms with Crippen molar-refractivity contribution in [1.82, 2.24) is 5.32 Å². The summed E-state index contributed by atoms with van der Waals surface area (Å²) in [5.41, 5.74) is 1.56. The summed E-state index contributed by atoms with van der Waals surface area (Å²) in [6, 6.07) is 11.3. The minimum Gasteiger partial charge on any atom is -0.486 e. The summed E-state index contributed by atoms with van der Waals surface area (Å²) in [4.78, 5) is 13.6. The number of hydrogen-bond donors (Lipinski definition) is 1. The lowest BCUT2D eigenvalue weighted by atomic mass is 10.1. The Labute approximate surface area is 156 Å². The van der Waals surface area contributed by atoms with Crippen molar-refractivity contribution < 1.29 is 14.3 Å². The summed E-state index contributed by atoms with van der Waals surface area (Å²) in [7, 11) is 0. The van der Waals surface area contributed by atoms with Gasteiger partial charge in [0.2, 0.25) is 0 Å². The number of nitrogens with one attached hydrogen (secondary N) is 1. The van der Waals surface area contributed by atoms with Gasteiger partial charge in [0.1, 0.15) is 13.2 Å². The highest BCUT2D eigenvalue weighted by Crippen LogP contribution is 2.38. The maximum absolute atomic E-state index is 12.6. The Balaban J connectivity index is 1.72. The van der Waals surface area contributed by atoms with Crippen LogP contribution in [0.25, 0.3) is 0 Å². The summed E-state index contributed by atoms with van der Waals surface area (Å²) in [5, 5.41) is 3.86. The summed E-state index contributed by atoms with van der Waals surface area (Å²) in [5.74, 6) is 1.09. The second-order valence-corrected chi connectivity index (χ2v) is 7.97. The molecule has 1 N–H and O–H groups in total. The number of benzene rings is 2. The van der Waals surface area contributed by atoms with Gasteiger partial charge in [0, 0.05) is 16.7 Å². The van der Waals surface area contributed by atoms with Crippen molar-refractivity contribution in [3.63, 3.8) is 0 Å². The molecule has 0 fully saturated rings. The fraction of sp³-hybridized carbons (Fsp3) is 0.316. The topological polar surface area (TPSA) is 47.6 Å². The number of rotatable bonds is 5. The molecule has 0 radical (unpaired) electrons. The van der Waals surface area contributed by atoms with Crippen molar-refractivity contribution in [2.24, 2.45) is 0 Å². The van der Waals surface area contributed by atoms with Crippen molar-refractivity contribution in [3.8, 4) is 11.5 Å². The van der Waals surface area contributed by atoms with E-state index in [0.29, 0.717) is 47.1 Å². The van der Waals surface area contributed by atoms with E-state index in [0.717, 1.165) is 10.5 Å². The molecule has 25 heavy (non-hydrogen) atoms. The Morgan fingerprint density at radius 3 is 2.80 bits per heavy atom. The van der Waals surface area contributed by atoms with Crippen LogP contribution in [0.2, 0.25) is 5.02 Å². The Kier molecular flexibility index (Phi) is 5.76. The van der Waals surface area contributed by atoms with Gasteiger partial charge in [0.25, 0.3) is 5.91 Å². The van der Waals surface area contributed by atoms with E-state index in [2.05, 4.69) is 19.2 Å². The predicted molar refractivity (Wildman–Crippen MR) is 101 cm³/mol. The van der Waals surface area contributed by atoms with Crippen molar-refractivity contribution in [2.75, 3.05) is 13.2 Å². The summed E-state index contributed by atoms with van der Waals surface area (Å²) < 4.78 is 11.1. The second kappa shape index (κ2) is 8.02. The van der Waals surface area contributed by atoms with E-state index in [4.69, 9.17) is 21.1 Å². The first-order valence-electron chi connectivity index (χ1n) is 8.16. The van der Waals surface area contributed by atoms with Crippen LogP contribution in [0.4, 0.5) is 0 Å². The summed E-state index contributed by atoms with van der Waals surface area (Å²) >= 11 is 7.92. The monoisotopic (exact) mass is 377 g/mol. The lowest BCUT2D eigenvalue weighted by Gasteiger charge is -2.20. The number of thioether (sulfide) groups is 1. The third kappa shape index (κ3) is 4.41. The van der Waals surface area contributed by atoms with E-state index >= 15 is 0 Å². The molecule has 0 spiro atoms. The minimum absolute atomic E-state index is 0.102. The zero-order valence-electron chi connectivity index (χ0n) is 14.2. The predicted octanol–water partition coefficient (Wildman–Crippen LogP) is 4.54. The fourth-order valence-electron chi connectivity index (χ4n) is 2.55. The quantitative estimate of drug-likeness (QED) is 0.777. The van der Waals surface area contributed by atoms with Gasteiger partial charge in [-0.05, 0) is 29.8 Å². The van der Waals surface area contributed by atoms with Gasteiger partial charge >= 0.3 is 0 Å². The van der Waals surface area contributed by atoms with Gasteiger partial charge in [0.05, 0.1) is 10.6 Å². The highest BCUT2D eigenvalue weighted by atomic mass is 35.5. The molecule has 0 saturated carbocycles. The molecule has 1 aliphatic rings. The highest BCUT2D eigenvalue weighted by Gasteiger charge is 2.17. The van der Waals surface area contributed by atoms with Crippen LogP contribution in [0, 0.1) is 0 Å². The van der Waals surface area contributed by atoms with Crippen LogP contribution in [0.15, 0.2) is 41.3 Å². The van der Waals surface area contributed by atoms with Gasteiger partial charge in [-0.3, -0.25) is 4.79 Å². The van der Waals surface area contributed by atoms with Gasteiger partial charge in [-0.2, -0.15) is 0 Å². The van der Waals surface area contributed by atoms with Crippen LogP contribution >= 0.6 is 23.4 Å². The maximum atomic E-state index is 12.6. The molecule has 0 saturated heterocycles. The van der Waals surface area contributed by atoms with Crippen molar-refractivity contribution in [1.29, 1.82) is 0 Å². The van der Waals surface area contributed by atoms with Crippen molar-refractivity contribution in [2.45, 2.75) is 30.5 Å². The first kappa shape index (κ1) is 18.0. The first-order chi connectivity index (χ1) is 12.0. The summed E-state index contributed by atoms with van der Waals surface area (Å²) in [6.07, 6.45) is 0. The number of carbonyl (C=O) groups is 1. The molecule has 1 heterocycles. The Hall–Kier alpha value is -1.85. The molecular weight excluding hydrogens is 358 g/mol. The van der Waals surface area contributed by atoms with E-state index in [1.807, 2.05) is 30.3 Å². The lowest BCUT2D eigenvalue weighted by Crippen LogP contribution is -2.24. The van der Waals surface area contributed by atoms with Crippen LogP contribution in [-0.4, -0.2) is 24.4 Å². The average molecular weight is 378 g/mol. The summed E-state index contributed by atoms with van der Waals surface area (Å²) in [6.45, 7) is 5.58. The normalized spacial score (nSPS) is 13.0. The zero-order valence-corrected chi connectivity index (χ0v) is 15.7. The molecule has 3 rings (SSSR count). The molecule has 2 aromatic rings. The van der Waals surface area contributed by atoms with Crippen molar-refractivity contribution >= 4 is 29.3 Å². The third-order valence-electron chi connectivity index (χ3n) is 3.60. The fourth-order valence-corrected chi connectivity index (χ4v) is 3.80. The molecule has 2 aromatic carbocycles. The Morgan fingerprint density at radius 1 is 1.24 bits per heavy atom. The lowest BCUT2D eigenvalue weighted by molar-refractivity contribution is 0.0948. The minimum atomic E-state index is -0.102. The Morgan fingerprint density at radius 2 is 2.00 bits per heavy atom. The van der Waals surface area contributed by atoms with Gasteiger partial charge in [-0.15, -0.1) is 11.8 Å². The van der Waals surface area contributed by atoms with Crippen LogP contribution < -0.4 is 14.8 Å². The number of fused-ring (bicyclic) bond motifs is 1. The molecule has 0 bridgehead atoms. The van der Waals surface area contributed by atoms with Crippen LogP contribution in [0.5, 0.6) is 11.5 Å². The number of carbonyl (C=O) groups excluding carboxylic acids is 1. The highest BCUT2D eigenvalue weighted by molar-refractivity contribution is 8.00. The van der Waals surface area contributed by atoms with E-state index in [1.165, 1.54) is 0 Å². The van der Waals surface area contributed by atoms with Crippen LogP contribution in [-0.2, 0) is 6.54 Å². The number of hydrogen-bond acceptors (Lipinski definition) is 4. The molecule has 0 aromatic heterocycles. The van der Waals surface area contributed by atoms with Crippen LogP contribution in [0.3, 0.4) is 0 Å². The average Bonchev–Trinajstić information content (AvgIpc) is 2.60. The largest absolute Gasteiger partial charge is 0.486 e. The molecule has 0 unspecified atom stereocenters. The molecule has 0 aliphatic carbocycles. The molecule has 1 aliphatic heterocycles. The smallest absolute Gasteiger partial charge is 0.252 e. The first-order valence-corrected chi connectivity index (χ1v) is 9.42. The van der Waals surface area contributed by atoms with Gasteiger partial charge < -0.3 is 14.8 Å². The maximum Gasteiger partial charge on any atom is 0.252 e. The van der Waals surface area contributed by atoms with Gasteiger partial charge in [-0.25, -0.2) is 0 Å². The number of amides is 1. The van der Waals surface area contributed by atoms with E-state index < -0.39 is 0 Å². The molecule has 1 amide bonds. The zero-order chi connectivity index (χ0) is 17.8. The number of halogens is 1. The van der Waals surface area contributed by atoms with Crippen LogP contribution in [0.1, 0.15) is 29.8 Å². The third-order valence-corrected chi connectivity index (χ3v) is 4.97. The molecule has 6 heteroatoms. The molecule has 4 nitrogen and oxygen atoms in total. The van der Waals surface area contributed by atoms with E-state index in [9.17, 15) is 4.79 Å². The standard InChI is InChI=1S/C19H20ClNO3S/c1-12(2)25-17-6-4-3-5-14(17)19(22)21-11-13-9-15(20)18-16(10-13)23-7-8-24-18/h3-6,9-10,12H,7-8,11H2,1-2H3,(H,21,22). The number of ether oxygens (including phenoxy) is 2. The van der Waals surface area contributed by atoms with Crippen molar-refractivity contribution in [3.05, 3.63) is 52.5 Å². The van der Waals surface area contributed by atoms with Gasteiger partial charge in [0.15, 0.2) is 11.5 Å². The van der Waals surface area contributed by atoms with E-state index in [-0.39, 0.29) is 5.91 Å². The molecular formula is C19H20ClNO3S. The Bertz CT molecular complexity index is 779. The SMILES string of the molecule is CC(C)Sc1ccccc1C(=O)NCc1cc(Cl)c2c(c1)OCCO2. The molecule has 132 valence electrons. The molecule has 0 atom stereocenters. The second-order valence-electron chi connectivity index (χ2n) is 5.95.